The van der Waals surface area contributed by atoms with Crippen LogP contribution in [0.5, 0.6) is 0 Å². The van der Waals surface area contributed by atoms with Crippen LogP contribution in [0.15, 0.2) is 66.7 Å². The maximum Gasteiger partial charge on any atom is 0.407 e. The second-order valence-corrected chi connectivity index (χ2v) is 10.2. The molecule has 3 aromatic rings. The summed E-state index contributed by atoms with van der Waals surface area (Å²) < 4.78 is 58.1. The van der Waals surface area contributed by atoms with Gasteiger partial charge in [-0.2, -0.15) is 0 Å². The number of carbonyl (C=O) groups excluding carboxylic acids is 3. The molecular weight excluding hydrogens is 581 g/mol. The smallest absolute Gasteiger partial charge is 0.407 e. The van der Waals surface area contributed by atoms with Gasteiger partial charge in [-0.3, -0.25) is 4.79 Å². The van der Waals surface area contributed by atoms with Gasteiger partial charge < -0.3 is 35.9 Å². The number of carbonyl (C=O) groups is 3. The average Bonchev–Trinajstić information content (AvgIpc) is 3.01. The van der Waals surface area contributed by atoms with E-state index in [4.69, 9.17) is 19.9 Å². The van der Waals surface area contributed by atoms with Gasteiger partial charge in [0.2, 0.25) is 5.91 Å². The maximum absolute atomic E-state index is 15.1. The van der Waals surface area contributed by atoms with Crippen molar-refractivity contribution < 1.29 is 41.8 Å². The number of primary amides is 1. The van der Waals surface area contributed by atoms with Crippen molar-refractivity contribution in [3.8, 4) is 0 Å². The van der Waals surface area contributed by atoms with Gasteiger partial charge in [-0.1, -0.05) is 30.3 Å². The van der Waals surface area contributed by atoms with Crippen molar-refractivity contribution in [3.05, 3.63) is 101 Å². The molecule has 1 aliphatic rings. The van der Waals surface area contributed by atoms with Crippen LogP contribution in [0.25, 0.3) is 0 Å². The Labute approximate surface area is 252 Å². The first kappa shape index (κ1) is 32.3. The summed E-state index contributed by atoms with van der Waals surface area (Å²) in [6.45, 7) is 0.738. The summed E-state index contributed by atoms with van der Waals surface area (Å²) in [5, 5.41) is 8.45. The van der Waals surface area contributed by atoms with E-state index < -0.39 is 47.5 Å². The number of anilines is 1. The van der Waals surface area contributed by atoms with E-state index in [-0.39, 0.29) is 43.0 Å². The maximum atomic E-state index is 15.1. The molecule has 0 unspecified atom stereocenters. The minimum atomic E-state index is -1.33. The number of halogens is 3. The Balaban J connectivity index is 1.55. The summed E-state index contributed by atoms with van der Waals surface area (Å²) in [5.74, 6) is -3.19. The molecule has 1 aliphatic heterocycles. The molecule has 0 aromatic heterocycles. The topological polar surface area (TPSA) is 141 Å². The number of alkyl carbamates (subject to hydrolysis) is 1. The third kappa shape index (κ3) is 8.71. The molecule has 4 rings (SSSR count). The van der Waals surface area contributed by atoms with Gasteiger partial charge in [0, 0.05) is 23.7 Å². The van der Waals surface area contributed by atoms with Crippen LogP contribution in [-0.4, -0.2) is 63.1 Å². The number of benzene rings is 3. The molecular formula is C31H33F3N4O6. The first-order chi connectivity index (χ1) is 21.1. The second kappa shape index (κ2) is 15.2. The molecule has 0 spiro atoms. The second-order valence-electron chi connectivity index (χ2n) is 10.2. The zero-order chi connectivity index (χ0) is 31.6. The molecule has 0 radical (unpaired) electrons. The van der Waals surface area contributed by atoms with Gasteiger partial charge in [0.05, 0.1) is 25.9 Å². The molecule has 10 nitrogen and oxygen atoms in total. The van der Waals surface area contributed by atoms with Crippen molar-refractivity contribution in [2.45, 2.75) is 36.9 Å². The van der Waals surface area contributed by atoms with Gasteiger partial charge in [-0.05, 0) is 60.4 Å². The number of nitrogens with two attached hydrogens (primary N) is 1. The lowest BCUT2D eigenvalue weighted by Gasteiger charge is -2.30. The Kier molecular flexibility index (Phi) is 11.2. The zero-order valence-corrected chi connectivity index (χ0v) is 23.9. The van der Waals surface area contributed by atoms with E-state index in [1.54, 1.807) is 0 Å². The number of hydrogen-bond acceptors (Lipinski definition) is 7. The first-order valence-electron chi connectivity index (χ1n) is 13.9. The summed E-state index contributed by atoms with van der Waals surface area (Å²) in [6, 6.07) is 13.3. The third-order valence-electron chi connectivity index (χ3n) is 7.22. The van der Waals surface area contributed by atoms with Crippen LogP contribution >= 0.6 is 0 Å². The largest absolute Gasteiger partial charge is 0.453 e. The molecule has 234 valence electrons. The molecule has 1 heterocycles. The van der Waals surface area contributed by atoms with Crippen molar-refractivity contribution in [2.24, 2.45) is 5.73 Å². The molecule has 1 fully saturated rings. The number of methoxy groups -OCH3 is 1. The highest BCUT2D eigenvalue weighted by molar-refractivity contribution is 5.98. The Bertz CT molecular complexity index is 1390. The zero-order valence-electron chi connectivity index (χ0n) is 23.9. The van der Waals surface area contributed by atoms with Crippen LogP contribution in [-0.2, 0) is 25.4 Å². The van der Waals surface area contributed by atoms with E-state index in [0.29, 0.717) is 24.1 Å². The number of ether oxygens (including phenoxy) is 3. The summed E-state index contributed by atoms with van der Waals surface area (Å²) in [5.41, 5.74) is 6.31. The van der Waals surface area contributed by atoms with Gasteiger partial charge in [-0.25, -0.2) is 22.8 Å². The molecule has 3 amide bonds. The summed E-state index contributed by atoms with van der Waals surface area (Å²) in [7, 11) is 1.13. The normalized spacial score (nSPS) is 17.0. The lowest BCUT2D eigenvalue weighted by Crippen LogP contribution is -2.49. The monoisotopic (exact) mass is 614 g/mol. The highest BCUT2D eigenvalue weighted by Gasteiger charge is 2.34. The van der Waals surface area contributed by atoms with Crippen molar-refractivity contribution >= 4 is 23.8 Å². The minimum Gasteiger partial charge on any atom is -0.453 e. The van der Waals surface area contributed by atoms with Gasteiger partial charge in [0.15, 0.2) is 0 Å². The molecule has 3 aromatic carbocycles. The number of nitrogens with one attached hydrogen (secondary N) is 3. The third-order valence-corrected chi connectivity index (χ3v) is 7.22. The molecule has 0 saturated carbocycles. The Hall–Kier alpha value is -4.62. The summed E-state index contributed by atoms with van der Waals surface area (Å²) in [6.07, 6.45) is -1.48. The number of amides is 3. The number of rotatable bonds is 11. The van der Waals surface area contributed by atoms with E-state index in [9.17, 15) is 23.2 Å². The predicted molar refractivity (Wildman–Crippen MR) is 154 cm³/mol. The van der Waals surface area contributed by atoms with E-state index in [1.165, 1.54) is 66.7 Å². The summed E-state index contributed by atoms with van der Waals surface area (Å²) in [4.78, 5) is 37.1. The van der Waals surface area contributed by atoms with E-state index in [1.807, 2.05) is 0 Å². The fourth-order valence-corrected chi connectivity index (χ4v) is 4.99. The number of hydrogen-bond donors (Lipinski definition) is 4. The first-order valence-corrected chi connectivity index (χ1v) is 13.9. The highest BCUT2D eigenvalue weighted by Crippen LogP contribution is 2.31. The van der Waals surface area contributed by atoms with Gasteiger partial charge >= 0.3 is 12.2 Å². The van der Waals surface area contributed by atoms with Gasteiger partial charge in [-0.15, -0.1) is 0 Å². The molecule has 3 atom stereocenters. The molecule has 0 aliphatic carbocycles. The van der Waals surface area contributed by atoms with Crippen molar-refractivity contribution in [1.82, 2.24) is 10.6 Å². The standard InChI is InChI=1S/C31H33F3N4O6/c1-42-31(41)38-28(27(18-5-9-20(32)10-6-18)19-7-11-21(33)12-8-19)29(39)37-26-4-2-3-25(34)24(26)14-13-23-15-36-22(16-43-23)17-44-30(35)40/h2-12,22-23,27-28,36H,13-17H2,1H3,(H2,35,40)(H,37,39)(H,38,41)/t22-,23+,28-/m0/s1. The van der Waals surface area contributed by atoms with Crippen molar-refractivity contribution in [1.29, 1.82) is 0 Å². The highest BCUT2D eigenvalue weighted by atomic mass is 19.1. The quantitative estimate of drug-likeness (QED) is 0.256. The van der Waals surface area contributed by atoms with Crippen LogP contribution in [0, 0.1) is 17.5 Å². The van der Waals surface area contributed by atoms with E-state index in [2.05, 4.69) is 16.0 Å². The fourth-order valence-electron chi connectivity index (χ4n) is 4.99. The van der Waals surface area contributed by atoms with E-state index in [0.717, 1.165) is 7.11 Å². The Morgan fingerprint density at radius 1 is 1.00 bits per heavy atom. The fraction of sp³-hybridized carbons (Fsp3) is 0.323. The number of morpholine rings is 1. The SMILES string of the molecule is COC(=O)N[C@H](C(=O)Nc1cccc(F)c1CC[C@@H]1CN[C@H](COC(N)=O)CO1)C(c1ccc(F)cc1)c1ccc(F)cc1. The van der Waals surface area contributed by atoms with Crippen LogP contribution < -0.4 is 21.7 Å². The molecule has 0 bridgehead atoms. The molecule has 44 heavy (non-hydrogen) atoms. The lowest BCUT2D eigenvalue weighted by molar-refractivity contribution is -0.118. The Morgan fingerprint density at radius 3 is 2.18 bits per heavy atom. The van der Waals surface area contributed by atoms with Crippen molar-refractivity contribution in [3.63, 3.8) is 0 Å². The minimum absolute atomic E-state index is 0.0587. The lowest BCUT2D eigenvalue weighted by atomic mass is 9.84. The predicted octanol–water partition coefficient (Wildman–Crippen LogP) is 3.98. The van der Waals surface area contributed by atoms with Crippen LogP contribution in [0.3, 0.4) is 0 Å². The molecule has 13 heteroatoms. The van der Waals surface area contributed by atoms with E-state index >= 15 is 4.39 Å². The van der Waals surface area contributed by atoms with Crippen LogP contribution in [0.1, 0.15) is 29.0 Å². The molecule has 1 saturated heterocycles. The van der Waals surface area contributed by atoms with Gasteiger partial charge in [0.1, 0.15) is 30.1 Å². The van der Waals surface area contributed by atoms with Gasteiger partial charge in [0.25, 0.3) is 0 Å². The van der Waals surface area contributed by atoms with Crippen LogP contribution in [0.4, 0.5) is 28.4 Å². The molecule has 5 N–H and O–H groups in total. The van der Waals surface area contributed by atoms with Crippen molar-refractivity contribution in [2.75, 3.05) is 32.2 Å². The van der Waals surface area contributed by atoms with Crippen LogP contribution in [0.2, 0.25) is 0 Å². The summed E-state index contributed by atoms with van der Waals surface area (Å²) >= 11 is 0. The Morgan fingerprint density at radius 2 is 1.64 bits per heavy atom. The average molecular weight is 615 g/mol.